The van der Waals surface area contributed by atoms with E-state index in [2.05, 4.69) is 0 Å². The normalized spacial score (nSPS) is 11.9. The fourth-order valence-corrected chi connectivity index (χ4v) is 1.32. The van der Waals surface area contributed by atoms with Crippen LogP contribution in [0.15, 0.2) is 11.4 Å². The van der Waals surface area contributed by atoms with Crippen LogP contribution in [0.2, 0.25) is 0 Å². The van der Waals surface area contributed by atoms with Gasteiger partial charge in [-0.2, -0.15) is 0 Å². The largest absolute Gasteiger partial charge is 0.398 e. The van der Waals surface area contributed by atoms with Crippen molar-refractivity contribution in [3.05, 3.63) is 16.3 Å². The van der Waals surface area contributed by atoms with E-state index < -0.39 is 5.92 Å². The molecule has 2 N–H and O–H groups in total. The number of alkyl halides is 2. The van der Waals surface area contributed by atoms with Gasteiger partial charge in [-0.25, -0.2) is 8.78 Å². The van der Waals surface area contributed by atoms with Crippen LogP contribution in [-0.4, -0.2) is 0 Å². The fraction of sp³-hybridized carbons (Fsp3) is 0.333. The predicted molar refractivity (Wildman–Crippen MR) is 38.3 cm³/mol. The molecule has 1 nitrogen and oxygen atoms in total. The standard InChI is InChI=1S/C6H7F2NS/c1-6(7,8)5-2-4(9)3-10-5/h2-3H,9H2,1H3. The number of hydrogen-bond acceptors (Lipinski definition) is 2. The monoisotopic (exact) mass is 163 g/mol. The highest BCUT2D eigenvalue weighted by Crippen LogP contribution is 2.32. The molecular formula is C6H7F2NS. The maximum absolute atomic E-state index is 12.4. The van der Waals surface area contributed by atoms with E-state index in [1.807, 2.05) is 0 Å². The summed E-state index contributed by atoms with van der Waals surface area (Å²) in [5.41, 5.74) is 5.66. The molecule has 1 aromatic heterocycles. The predicted octanol–water partition coefficient (Wildman–Crippen LogP) is 2.44. The minimum absolute atomic E-state index is 0.0185. The lowest BCUT2D eigenvalue weighted by Gasteiger charge is -2.04. The van der Waals surface area contributed by atoms with E-state index in [1.54, 1.807) is 0 Å². The van der Waals surface area contributed by atoms with Gasteiger partial charge in [0.2, 0.25) is 0 Å². The van der Waals surface area contributed by atoms with Crippen LogP contribution in [-0.2, 0) is 5.92 Å². The summed E-state index contributed by atoms with van der Waals surface area (Å²) in [6.45, 7) is 0.859. The molecule has 1 heterocycles. The van der Waals surface area contributed by atoms with Gasteiger partial charge in [0.15, 0.2) is 0 Å². The highest BCUT2D eigenvalue weighted by molar-refractivity contribution is 7.10. The molecule has 0 aliphatic rings. The van der Waals surface area contributed by atoms with Gasteiger partial charge in [-0.1, -0.05) is 0 Å². The first-order valence-corrected chi connectivity index (χ1v) is 3.60. The Kier molecular flexibility index (Phi) is 1.64. The molecule has 56 valence electrons. The van der Waals surface area contributed by atoms with Crippen molar-refractivity contribution in [2.24, 2.45) is 0 Å². The third-order valence-corrected chi connectivity index (χ3v) is 2.17. The molecule has 10 heavy (non-hydrogen) atoms. The smallest absolute Gasteiger partial charge is 0.279 e. The van der Waals surface area contributed by atoms with Crippen molar-refractivity contribution in [2.75, 3.05) is 5.73 Å². The molecule has 0 amide bonds. The van der Waals surface area contributed by atoms with Gasteiger partial charge >= 0.3 is 0 Å². The second-order valence-electron chi connectivity index (χ2n) is 2.13. The van der Waals surface area contributed by atoms with Gasteiger partial charge < -0.3 is 5.73 Å². The lowest BCUT2D eigenvalue weighted by molar-refractivity contribution is 0.0215. The molecule has 0 saturated heterocycles. The highest BCUT2D eigenvalue weighted by Gasteiger charge is 2.25. The Morgan fingerprint density at radius 3 is 2.40 bits per heavy atom. The average Bonchev–Trinajstić information content (AvgIpc) is 2.11. The number of rotatable bonds is 1. The molecule has 0 radical (unpaired) electrons. The first-order valence-electron chi connectivity index (χ1n) is 2.72. The number of halogens is 2. The summed E-state index contributed by atoms with van der Waals surface area (Å²) in [7, 11) is 0. The van der Waals surface area contributed by atoms with E-state index in [9.17, 15) is 8.78 Å². The van der Waals surface area contributed by atoms with E-state index in [0.29, 0.717) is 5.69 Å². The molecule has 0 atom stereocenters. The van der Waals surface area contributed by atoms with Crippen molar-refractivity contribution in [2.45, 2.75) is 12.8 Å². The zero-order valence-corrected chi connectivity index (χ0v) is 6.21. The number of nitrogens with two attached hydrogens (primary N) is 1. The van der Waals surface area contributed by atoms with Crippen LogP contribution < -0.4 is 5.73 Å². The van der Waals surface area contributed by atoms with Crippen LogP contribution >= 0.6 is 11.3 Å². The van der Waals surface area contributed by atoms with Gasteiger partial charge in [0.1, 0.15) is 0 Å². The summed E-state index contributed by atoms with van der Waals surface area (Å²) in [5, 5.41) is 1.51. The van der Waals surface area contributed by atoms with Gasteiger partial charge in [0, 0.05) is 18.0 Å². The van der Waals surface area contributed by atoms with Gasteiger partial charge in [0.25, 0.3) is 5.92 Å². The van der Waals surface area contributed by atoms with Crippen LogP contribution in [0.1, 0.15) is 11.8 Å². The number of thiophene rings is 1. The van der Waals surface area contributed by atoms with Gasteiger partial charge in [-0.15, -0.1) is 11.3 Å². The van der Waals surface area contributed by atoms with Gasteiger partial charge in [-0.3, -0.25) is 0 Å². The highest BCUT2D eigenvalue weighted by atomic mass is 32.1. The Bertz CT molecular complexity index is 226. The maximum atomic E-state index is 12.4. The molecule has 0 unspecified atom stereocenters. The summed E-state index contributed by atoms with van der Waals surface area (Å²) in [6.07, 6.45) is 0. The van der Waals surface area contributed by atoms with E-state index >= 15 is 0 Å². The Morgan fingerprint density at radius 1 is 1.60 bits per heavy atom. The summed E-state index contributed by atoms with van der Waals surface area (Å²) in [4.78, 5) is 0.0185. The topological polar surface area (TPSA) is 26.0 Å². The second kappa shape index (κ2) is 2.20. The third kappa shape index (κ3) is 1.44. The van der Waals surface area contributed by atoms with Crippen molar-refractivity contribution in [1.29, 1.82) is 0 Å². The molecule has 0 spiro atoms. The molecule has 0 bridgehead atoms. The third-order valence-electron chi connectivity index (χ3n) is 1.05. The van der Waals surface area contributed by atoms with E-state index in [4.69, 9.17) is 5.73 Å². The Balaban J connectivity index is 2.96. The number of hydrogen-bond donors (Lipinski definition) is 1. The molecule has 0 saturated carbocycles. The van der Waals surface area contributed by atoms with Gasteiger partial charge in [0.05, 0.1) is 4.88 Å². The minimum Gasteiger partial charge on any atom is -0.398 e. The Morgan fingerprint density at radius 2 is 2.20 bits per heavy atom. The van der Waals surface area contributed by atoms with Crippen molar-refractivity contribution in [3.8, 4) is 0 Å². The molecule has 0 fully saturated rings. The lowest BCUT2D eigenvalue weighted by Crippen LogP contribution is -2.03. The van der Waals surface area contributed by atoms with Crippen molar-refractivity contribution in [3.63, 3.8) is 0 Å². The first kappa shape index (κ1) is 7.47. The Hall–Kier alpha value is -0.640. The molecule has 0 aromatic carbocycles. The number of anilines is 1. The molecule has 1 rings (SSSR count). The van der Waals surface area contributed by atoms with E-state index in [0.717, 1.165) is 18.3 Å². The minimum atomic E-state index is -2.75. The zero-order chi connectivity index (χ0) is 7.78. The summed E-state index contributed by atoms with van der Waals surface area (Å²) in [5.74, 6) is -2.75. The zero-order valence-electron chi connectivity index (χ0n) is 5.40. The lowest BCUT2D eigenvalue weighted by atomic mass is 10.3. The summed E-state index contributed by atoms with van der Waals surface area (Å²) in [6, 6.07) is 1.30. The van der Waals surface area contributed by atoms with Crippen LogP contribution in [0.3, 0.4) is 0 Å². The second-order valence-corrected chi connectivity index (χ2v) is 3.04. The quantitative estimate of drug-likeness (QED) is 0.676. The van der Waals surface area contributed by atoms with Crippen molar-refractivity contribution in [1.82, 2.24) is 0 Å². The van der Waals surface area contributed by atoms with E-state index in [1.165, 1.54) is 11.4 Å². The molecule has 1 aromatic rings. The summed E-state index contributed by atoms with van der Waals surface area (Å²) >= 11 is 0.981. The van der Waals surface area contributed by atoms with Crippen LogP contribution in [0.5, 0.6) is 0 Å². The van der Waals surface area contributed by atoms with Crippen LogP contribution in [0.25, 0.3) is 0 Å². The maximum Gasteiger partial charge on any atom is 0.279 e. The van der Waals surface area contributed by atoms with Crippen LogP contribution in [0.4, 0.5) is 14.5 Å². The molecule has 0 aliphatic heterocycles. The Labute approximate surface area is 61.5 Å². The van der Waals surface area contributed by atoms with Crippen molar-refractivity contribution < 1.29 is 8.78 Å². The first-order chi connectivity index (χ1) is 4.50. The average molecular weight is 163 g/mol. The van der Waals surface area contributed by atoms with Gasteiger partial charge in [-0.05, 0) is 6.07 Å². The van der Waals surface area contributed by atoms with Crippen molar-refractivity contribution >= 4 is 17.0 Å². The SMILES string of the molecule is CC(F)(F)c1cc(N)cs1. The molecular weight excluding hydrogens is 156 g/mol. The molecule has 4 heteroatoms. The molecule has 0 aliphatic carbocycles. The summed E-state index contributed by atoms with van der Waals surface area (Å²) < 4.78 is 24.8. The van der Waals surface area contributed by atoms with E-state index in [-0.39, 0.29) is 4.88 Å². The van der Waals surface area contributed by atoms with Crippen LogP contribution in [0, 0.1) is 0 Å². The number of nitrogen functional groups attached to an aromatic ring is 1. The fourth-order valence-electron chi connectivity index (χ4n) is 0.581.